The lowest BCUT2D eigenvalue weighted by molar-refractivity contribution is 0.583. The maximum atomic E-state index is 9.06. The first-order chi connectivity index (χ1) is 14.8. The van der Waals surface area contributed by atoms with Crippen LogP contribution < -0.4 is 21.1 Å². The molecule has 0 aromatic heterocycles. The van der Waals surface area contributed by atoms with Crippen molar-refractivity contribution in [3.63, 3.8) is 0 Å². The molecule has 0 atom stereocenters. The van der Waals surface area contributed by atoms with Gasteiger partial charge in [-0.05, 0) is 12.8 Å². The van der Waals surface area contributed by atoms with Gasteiger partial charge in [-0.15, -0.1) is 0 Å². The van der Waals surface area contributed by atoms with E-state index < -0.39 is 0 Å². The van der Waals surface area contributed by atoms with Gasteiger partial charge in [-0.25, -0.2) is 0 Å². The van der Waals surface area contributed by atoms with E-state index in [1.54, 1.807) is 0 Å². The van der Waals surface area contributed by atoms with E-state index in [9.17, 15) is 0 Å². The Kier molecular flexibility index (Phi) is 14.8. The number of hydrogen-bond acceptors (Lipinski definition) is 4. The Morgan fingerprint density at radius 1 is 0.633 bits per heavy atom. The Labute approximate surface area is 183 Å². The Morgan fingerprint density at radius 3 is 1.47 bits per heavy atom. The van der Waals surface area contributed by atoms with Gasteiger partial charge in [-0.1, -0.05) is 102 Å². The average molecular weight is 409 g/mol. The summed E-state index contributed by atoms with van der Waals surface area (Å²) in [4.78, 5) is 0. The molecule has 0 heterocycles. The largest absolute Gasteiger partial charge is 0.371 e. The number of nitrogens with one attached hydrogen (secondary N) is 2. The van der Waals surface area contributed by atoms with Crippen molar-refractivity contribution in [3.05, 3.63) is 34.7 Å². The molecule has 30 heavy (non-hydrogen) atoms. The molecule has 0 aliphatic heterocycles. The van der Waals surface area contributed by atoms with Gasteiger partial charge in [-0.2, -0.15) is 10.5 Å². The van der Waals surface area contributed by atoms with Gasteiger partial charge < -0.3 is 10.6 Å². The fraction of sp³-hybridized carbons (Fsp3) is 0.615. The van der Waals surface area contributed by atoms with Gasteiger partial charge in [-0.3, -0.25) is 0 Å². The van der Waals surface area contributed by atoms with Crippen LogP contribution in [-0.4, -0.2) is 13.1 Å². The van der Waals surface area contributed by atoms with Crippen LogP contribution in [0.5, 0.6) is 0 Å². The molecule has 4 heteroatoms. The predicted octanol–water partition coefficient (Wildman–Crippen LogP) is 4.85. The van der Waals surface area contributed by atoms with Gasteiger partial charge in [0.2, 0.25) is 0 Å². The molecule has 0 radical (unpaired) electrons. The third-order valence-electron chi connectivity index (χ3n) is 5.35. The van der Waals surface area contributed by atoms with E-state index in [0.29, 0.717) is 5.22 Å². The summed E-state index contributed by atoms with van der Waals surface area (Å²) in [5.41, 5.74) is 0.156. The van der Waals surface area contributed by atoms with E-state index >= 15 is 0 Å². The third kappa shape index (κ3) is 10.9. The SMILES string of the molecule is CCCCCCCCNC(NCCCCCCCC)=c1ccc(=C(C#N)C#N)cc1. The molecule has 2 N–H and O–H groups in total. The monoisotopic (exact) mass is 408 g/mol. The van der Waals surface area contributed by atoms with Crippen molar-refractivity contribution in [2.75, 3.05) is 13.1 Å². The first kappa shape index (κ1) is 25.6. The summed E-state index contributed by atoms with van der Waals surface area (Å²) in [7, 11) is 0. The minimum absolute atomic E-state index is 0.156. The van der Waals surface area contributed by atoms with Crippen molar-refractivity contribution in [2.45, 2.75) is 90.9 Å². The molecular formula is C26H40N4. The van der Waals surface area contributed by atoms with Crippen LogP contribution in [0, 0.1) is 22.7 Å². The van der Waals surface area contributed by atoms with Gasteiger partial charge in [0.05, 0.1) is 0 Å². The van der Waals surface area contributed by atoms with Gasteiger partial charge in [0, 0.05) is 23.5 Å². The van der Waals surface area contributed by atoms with Crippen molar-refractivity contribution in [3.8, 4) is 12.1 Å². The van der Waals surface area contributed by atoms with Crippen LogP contribution in [0.15, 0.2) is 24.3 Å². The Morgan fingerprint density at radius 2 is 1.03 bits per heavy atom. The van der Waals surface area contributed by atoms with Gasteiger partial charge in [0.15, 0.2) is 0 Å². The molecule has 0 saturated carbocycles. The van der Waals surface area contributed by atoms with Crippen LogP contribution >= 0.6 is 0 Å². The number of nitrogens with zero attached hydrogens (tertiary/aromatic N) is 2. The molecular weight excluding hydrogens is 368 g/mol. The molecule has 4 nitrogen and oxygen atoms in total. The number of rotatable bonds is 16. The first-order valence-electron chi connectivity index (χ1n) is 11.9. The lowest BCUT2D eigenvalue weighted by Gasteiger charge is -2.14. The molecule has 1 rings (SSSR count). The highest BCUT2D eigenvalue weighted by Crippen LogP contribution is 2.05. The lowest BCUT2D eigenvalue weighted by atomic mass is 10.1. The predicted molar refractivity (Wildman–Crippen MR) is 126 cm³/mol. The molecule has 0 bridgehead atoms. The van der Waals surface area contributed by atoms with E-state index in [1.165, 1.54) is 77.0 Å². The first-order valence-corrected chi connectivity index (χ1v) is 11.9. The highest BCUT2D eigenvalue weighted by atomic mass is 15.1. The molecule has 0 saturated heterocycles. The fourth-order valence-corrected chi connectivity index (χ4v) is 3.46. The van der Waals surface area contributed by atoms with Crippen LogP contribution in [0.25, 0.3) is 11.4 Å². The van der Waals surface area contributed by atoms with Gasteiger partial charge in [0.1, 0.15) is 23.5 Å². The summed E-state index contributed by atoms with van der Waals surface area (Å²) in [6.45, 7) is 6.41. The second kappa shape index (κ2) is 17.4. The van der Waals surface area contributed by atoms with Crippen LogP contribution in [0.4, 0.5) is 0 Å². The summed E-state index contributed by atoms with van der Waals surface area (Å²) in [5.74, 6) is 1.05. The summed E-state index contributed by atoms with van der Waals surface area (Å²) < 4.78 is 0. The van der Waals surface area contributed by atoms with Crippen LogP contribution in [0.2, 0.25) is 0 Å². The molecule has 0 amide bonds. The van der Waals surface area contributed by atoms with Crippen LogP contribution in [-0.2, 0) is 0 Å². The zero-order chi connectivity index (χ0) is 21.9. The van der Waals surface area contributed by atoms with Crippen molar-refractivity contribution in [1.29, 1.82) is 10.5 Å². The van der Waals surface area contributed by atoms with E-state index in [0.717, 1.165) is 24.1 Å². The molecule has 0 aliphatic rings. The number of hydrogen-bond donors (Lipinski definition) is 2. The fourth-order valence-electron chi connectivity index (χ4n) is 3.46. The van der Waals surface area contributed by atoms with Gasteiger partial charge in [0.25, 0.3) is 0 Å². The minimum Gasteiger partial charge on any atom is -0.371 e. The van der Waals surface area contributed by atoms with E-state index in [-0.39, 0.29) is 5.57 Å². The Balaban J connectivity index is 2.70. The van der Waals surface area contributed by atoms with Crippen molar-refractivity contribution in [2.24, 2.45) is 0 Å². The van der Waals surface area contributed by atoms with E-state index in [2.05, 4.69) is 24.5 Å². The zero-order valence-corrected chi connectivity index (χ0v) is 19.1. The number of unbranched alkanes of at least 4 members (excludes halogenated alkanes) is 10. The van der Waals surface area contributed by atoms with E-state index in [4.69, 9.17) is 10.5 Å². The second-order valence-electron chi connectivity index (χ2n) is 7.94. The van der Waals surface area contributed by atoms with Crippen molar-refractivity contribution >= 4 is 11.4 Å². The smallest absolute Gasteiger partial charge is 0.136 e. The normalized spacial score (nSPS) is 10.1. The summed E-state index contributed by atoms with van der Waals surface area (Å²) in [6, 6.07) is 11.6. The molecule has 0 spiro atoms. The molecule has 164 valence electrons. The molecule has 0 unspecified atom stereocenters. The average Bonchev–Trinajstić information content (AvgIpc) is 2.78. The maximum absolute atomic E-state index is 9.06. The number of nitriles is 2. The molecule has 1 aromatic rings. The summed E-state index contributed by atoms with van der Waals surface area (Å²) >= 11 is 0. The zero-order valence-electron chi connectivity index (χ0n) is 19.1. The topological polar surface area (TPSA) is 71.6 Å². The summed E-state index contributed by atoms with van der Waals surface area (Å²) in [6.07, 6.45) is 15.4. The third-order valence-corrected chi connectivity index (χ3v) is 5.35. The maximum Gasteiger partial charge on any atom is 0.136 e. The standard InChI is InChI=1S/C26H40N4/c1-3-5-7-9-11-13-19-29-26(30-20-14-12-10-8-6-4-2)24-17-15-23(16-18-24)25(21-27)22-28/h15-18,29-30H,3-14,19-20H2,1-2H3. The van der Waals surface area contributed by atoms with Crippen molar-refractivity contribution < 1.29 is 0 Å². The quantitative estimate of drug-likeness (QED) is 0.384. The highest BCUT2D eigenvalue weighted by molar-refractivity contribution is 5.72. The lowest BCUT2D eigenvalue weighted by Crippen LogP contribution is -2.33. The minimum atomic E-state index is 0.156. The van der Waals surface area contributed by atoms with Crippen LogP contribution in [0.1, 0.15) is 90.9 Å². The van der Waals surface area contributed by atoms with Crippen LogP contribution in [0.3, 0.4) is 0 Å². The number of benzene rings is 1. The molecule has 0 fully saturated rings. The second-order valence-corrected chi connectivity index (χ2v) is 7.94. The Hall–Kier alpha value is -2.46. The van der Waals surface area contributed by atoms with Gasteiger partial charge >= 0.3 is 0 Å². The Bertz CT molecular complexity index is 723. The summed E-state index contributed by atoms with van der Waals surface area (Å²) in [5, 5.41) is 27.0. The highest BCUT2D eigenvalue weighted by Gasteiger charge is 2.00. The molecule has 1 aromatic carbocycles. The molecule has 0 aliphatic carbocycles. The van der Waals surface area contributed by atoms with Crippen molar-refractivity contribution in [1.82, 2.24) is 10.6 Å². The van der Waals surface area contributed by atoms with E-state index in [1.807, 2.05) is 36.4 Å².